The van der Waals surface area contributed by atoms with Gasteiger partial charge in [0, 0.05) is 39.3 Å². The largest absolute Gasteiger partial charge is 0.356 e. The van der Waals surface area contributed by atoms with Crippen LogP contribution in [0.3, 0.4) is 0 Å². The van der Waals surface area contributed by atoms with Crippen molar-refractivity contribution in [1.29, 1.82) is 0 Å². The summed E-state index contributed by atoms with van der Waals surface area (Å²) in [6, 6.07) is 0.545. The Morgan fingerprint density at radius 2 is 2.05 bits per heavy atom. The molecular formula is C15H31IN4S. The Morgan fingerprint density at radius 1 is 1.38 bits per heavy atom. The SMILES string of the molecule is C=C(C)CN1CCC(NC(=NC)NCCCSC)CC1.I. The fraction of sp³-hybridized carbons (Fsp3) is 0.800. The van der Waals surface area contributed by atoms with Crippen LogP contribution in [-0.2, 0) is 0 Å². The summed E-state index contributed by atoms with van der Waals surface area (Å²) in [5.41, 5.74) is 1.25. The highest BCUT2D eigenvalue weighted by molar-refractivity contribution is 14.0. The topological polar surface area (TPSA) is 39.7 Å². The third kappa shape index (κ3) is 9.63. The molecule has 0 aromatic rings. The van der Waals surface area contributed by atoms with Crippen LogP contribution in [0.5, 0.6) is 0 Å². The smallest absolute Gasteiger partial charge is 0.191 e. The minimum atomic E-state index is 0. The molecule has 0 aliphatic carbocycles. The summed E-state index contributed by atoms with van der Waals surface area (Å²) in [5.74, 6) is 2.15. The van der Waals surface area contributed by atoms with Gasteiger partial charge in [-0.15, -0.1) is 24.0 Å². The third-order valence-electron chi connectivity index (χ3n) is 3.46. The Labute approximate surface area is 151 Å². The van der Waals surface area contributed by atoms with Crippen molar-refractivity contribution in [3.05, 3.63) is 12.2 Å². The molecule has 1 fully saturated rings. The van der Waals surface area contributed by atoms with Gasteiger partial charge in [0.15, 0.2) is 5.96 Å². The minimum absolute atomic E-state index is 0. The molecule has 0 saturated carbocycles. The van der Waals surface area contributed by atoms with E-state index in [4.69, 9.17) is 0 Å². The highest BCUT2D eigenvalue weighted by atomic mass is 127. The second kappa shape index (κ2) is 12.6. The molecule has 1 rings (SSSR count). The molecule has 21 heavy (non-hydrogen) atoms. The molecular weight excluding hydrogens is 395 g/mol. The molecule has 0 atom stereocenters. The van der Waals surface area contributed by atoms with E-state index in [0.29, 0.717) is 6.04 Å². The first-order valence-corrected chi connectivity index (χ1v) is 8.88. The van der Waals surface area contributed by atoms with Crippen LogP contribution in [0.25, 0.3) is 0 Å². The summed E-state index contributed by atoms with van der Waals surface area (Å²) in [4.78, 5) is 6.79. The van der Waals surface area contributed by atoms with Crippen LogP contribution in [0.4, 0.5) is 0 Å². The summed E-state index contributed by atoms with van der Waals surface area (Å²) in [5, 5.41) is 6.93. The van der Waals surface area contributed by atoms with E-state index in [1.54, 1.807) is 0 Å². The quantitative estimate of drug-likeness (QED) is 0.216. The van der Waals surface area contributed by atoms with Gasteiger partial charge in [0.25, 0.3) is 0 Å². The van der Waals surface area contributed by atoms with Gasteiger partial charge in [-0.2, -0.15) is 11.8 Å². The number of hydrogen-bond donors (Lipinski definition) is 2. The summed E-state index contributed by atoms with van der Waals surface area (Å²) in [6.07, 6.45) is 5.68. The molecule has 1 aliphatic heterocycles. The van der Waals surface area contributed by atoms with Crippen LogP contribution in [-0.4, -0.2) is 62.1 Å². The van der Waals surface area contributed by atoms with Crippen LogP contribution < -0.4 is 10.6 Å². The number of aliphatic imine (C=N–C) groups is 1. The molecule has 0 radical (unpaired) electrons. The summed E-state index contributed by atoms with van der Waals surface area (Å²) in [6.45, 7) is 10.4. The van der Waals surface area contributed by atoms with Gasteiger partial charge < -0.3 is 10.6 Å². The van der Waals surface area contributed by atoms with Gasteiger partial charge in [-0.3, -0.25) is 9.89 Å². The normalized spacial score (nSPS) is 17.2. The van der Waals surface area contributed by atoms with Crippen molar-refractivity contribution in [3.63, 3.8) is 0 Å². The summed E-state index contributed by atoms with van der Waals surface area (Å²) in [7, 11) is 1.85. The molecule has 1 heterocycles. The van der Waals surface area contributed by atoms with Crippen LogP contribution in [0.2, 0.25) is 0 Å². The highest BCUT2D eigenvalue weighted by Gasteiger charge is 2.19. The average molecular weight is 426 g/mol. The van der Waals surface area contributed by atoms with E-state index >= 15 is 0 Å². The Hall–Kier alpha value is 0.0500. The van der Waals surface area contributed by atoms with Crippen molar-refractivity contribution >= 4 is 41.7 Å². The molecule has 6 heteroatoms. The molecule has 0 aromatic carbocycles. The standard InChI is InChI=1S/C15H30N4S.HI/c1-13(2)12-19-9-6-14(7-10-19)18-15(16-3)17-8-5-11-20-4;/h14H,1,5-12H2,2-4H3,(H2,16,17,18);1H. The Balaban J connectivity index is 0.00000400. The van der Waals surface area contributed by atoms with Crippen LogP contribution in [0.1, 0.15) is 26.2 Å². The van der Waals surface area contributed by atoms with Gasteiger partial charge in [-0.25, -0.2) is 0 Å². The number of piperidine rings is 1. The zero-order chi connectivity index (χ0) is 14.8. The highest BCUT2D eigenvalue weighted by Crippen LogP contribution is 2.11. The molecule has 0 spiro atoms. The summed E-state index contributed by atoms with van der Waals surface area (Å²) >= 11 is 1.89. The number of nitrogens with zero attached hydrogens (tertiary/aromatic N) is 2. The van der Waals surface area contributed by atoms with Gasteiger partial charge in [-0.1, -0.05) is 12.2 Å². The van der Waals surface area contributed by atoms with Gasteiger partial charge in [0.05, 0.1) is 0 Å². The third-order valence-corrected chi connectivity index (χ3v) is 4.16. The molecule has 0 bridgehead atoms. The number of rotatable bonds is 7. The van der Waals surface area contributed by atoms with E-state index in [0.717, 1.165) is 32.1 Å². The van der Waals surface area contributed by atoms with E-state index in [9.17, 15) is 0 Å². The first-order valence-electron chi connectivity index (χ1n) is 7.48. The van der Waals surface area contributed by atoms with E-state index in [1.807, 2.05) is 18.8 Å². The van der Waals surface area contributed by atoms with Crippen LogP contribution in [0, 0.1) is 0 Å². The fourth-order valence-corrected chi connectivity index (χ4v) is 2.86. The number of hydrogen-bond acceptors (Lipinski definition) is 3. The van der Waals surface area contributed by atoms with Crippen molar-refractivity contribution < 1.29 is 0 Å². The lowest BCUT2D eigenvalue weighted by Crippen LogP contribution is -2.49. The Bertz CT molecular complexity index is 315. The van der Waals surface area contributed by atoms with Crippen LogP contribution in [0.15, 0.2) is 17.1 Å². The van der Waals surface area contributed by atoms with Crippen molar-refractivity contribution in [2.45, 2.75) is 32.2 Å². The van der Waals surface area contributed by atoms with E-state index in [2.05, 4.69) is 40.3 Å². The maximum absolute atomic E-state index is 4.31. The van der Waals surface area contributed by atoms with Crippen molar-refractivity contribution in [3.8, 4) is 0 Å². The Kier molecular flexibility index (Phi) is 12.6. The average Bonchev–Trinajstić information content (AvgIpc) is 2.43. The van der Waals surface area contributed by atoms with Gasteiger partial charge in [-0.05, 0) is 38.2 Å². The molecule has 0 unspecified atom stereocenters. The minimum Gasteiger partial charge on any atom is -0.356 e. The molecule has 0 amide bonds. The lowest BCUT2D eigenvalue weighted by Gasteiger charge is -2.33. The van der Waals surface area contributed by atoms with Gasteiger partial charge >= 0.3 is 0 Å². The zero-order valence-electron chi connectivity index (χ0n) is 13.7. The molecule has 1 saturated heterocycles. The monoisotopic (exact) mass is 426 g/mol. The lowest BCUT2D eigenvalue weighted by molar-refractivity contribution is 0.221. The van der Waals surface area contributed by atoms with E-state index in [1.165, 1.54) is 30.6 Å². The lowest BCUT2D eigenvalue weighted by atomic mass is 10.0. The predicted octanol–water partition coefficient (Wildman–Crippen LogP) is 2.56. The number of thioether (sulfide) groups is 1. The van der Waals surface area contributed by atoms with Gasteiger partial charge in [0.1, 0.15) is 0 Å². The van der Waals surface area contributed by atoms with Crippen molar-refractivity contribution in [2.75, 3.05) is 45.2 Å². The second-order valence-corrected chi connectivity index (χ2v) is 6.48. The fourth-order valence-electron chi connectivity index (χ4n) is 2.43. The summed E-state index contributed by atoms with van der Waals surface area (Å²) < 4.78 is 0. The number of guanidine groups is 1. The van der Waals surface area contributed by atoms with Crippen molar-refractivity contribution in [1.82, 2.24) is 15.5 Å². The van der Waals surface area contributed by atoms with Gasteiger partial charge in [0.2, 0.25) is 0 Å². The second-order valence-electron chi connectivity index (χ2n) is 5.50. The molecule has 0 aromatic heterocycles. The molecule has 2 N–H and O–H groups in total. The first-order chi connectivity index (χ1) is 9.65. The van der Waals surface area contributed by atoms with Crippen LogP contribution >= 0.6 is 35.7 Å². The number of halogens is 1. The number of likely N-dealkylation sites (tertiary alicyclic amines) is 1. The first kappa shape index (κ1) is 21.0. The molecule has 1 aliphatic rings. The Morgan fingerprint density at radius 3 is 2.57 bits per heavy atom. The molecule has 124 valence electrons. The molecule has 4 nitrogen and oxygen atoms in total. The van der Waals surface area contributed by atoms with E-state index < -0.39 is 0 Å². The van der Waals surface area contributed by atoms with Crippen molar-refractivity contribution in [2.24, 2.45) is 4.99 Å². The zero-order valence-corrected chi connectivity index (χ0v) is 16.8. The number of nitrogens with one attached hydrogen (secondary N) is 2. The van der Waals surface area contributed by atoms with E-state index in [-0.39, 0.29) is 24.0 Å². The maximum atomic E-state index is 4.31. The maximum Gasteiger partial charge on any atom is 0.191 e. The predicted molar refractivity (Wildman–Crippen MR) is 107 cm³/mol.